The van der Waals surface area contributed by atoms with Crippen molar-refractivity contribution in [2.24, 2.45) is 0 Å². The Hall–Kier alpha value is -1.99. The minimum absolute atomic E-state index is 0.542. The van der Waals surface area contributed by atoms with Crippen LogP contribution in [0, 0.1) is 0 Å². The summed E-state index contributed by atoms with van der Waals surface area (Å²) in [5, 5.41) is 2.50. The van der Waals surface area contributed by atoms with Gasteiger partial charge in [0, 0.05) is 25.7 Å². The zero-order valence-electron chi connectivity index (χ0n) is 12.3. The van der Waals surface area contributed by atoms with E-state index in [0.717, 1.165) is 0 Å². The van der Waals surface area contributed by atoms with E-state index in [1.165, 1.54) is 33.2 Å². The molecule has 0 bridgehead atoms. The molecule has 0 aromatic heterocycles. The number of hydrogen-bond acceptors (Lipinski definition) is 1. The highest BCUT2D eigenvalue weighted by atomic mass is 35.5. The number of anilines is 1. The highest BCUT2D eigenvalue weighted by Crippen LogP contribution is 2.31. The smallest absolute Gasteiger partial charge is 0.0480 e. The van der Waals surface area contributed by atoms with E-state index in [4.69, 9.17) is 11.6 Å². The van der Waals surface area contributed by atoms with Crippen LogP contribution in [0.15, 0.2) is 60.7 Å². The lowest BCUT2D eigenvalue weighted by atomic mass is 9.96. The number of halogens is 1. The first kappa shape index (κ1) is 14.0. The summed E-state index contributed by atoms with van der Waals surface area (Å²) in [5.41, 5.74) is 4.88. The first-order valence-electron chi connectivity index (χ1n) is 7.05. The third-order valence-electron chi connectivity index (χ3n) is 3.85. The van der Waals surface area contributed by atoms with Crippen molar-refractivity contribution in [2.45, 2.75) is 5.88 Å². The summed E-state index contributed by atoms with van der Waals surface area (Å²) in [6.45, 7) is 0. The molecule has 0 aliphatic carbocycles. The largest absolute Gasteiger partial charge is 0.378 e. The SMILES string of the molecule is CN(C)c1ccc(-c2cccc3c(CCl)cccc23)cc1. The molecule has 3 rings (SSSR count). The van der Waals surface area contributed by atoms with Crippen molar-refractivity contribution in [1.29, 1.82) is 0 Å². The summed E-state index contributed by atoms with van der Waals surface area (Å²) >= 11 is 6.05. The third kappa shape index (κ3) is 2.62. The zero-order valence-corrected chi connectivity index (χ0v) is 13.1. The van der Waals surface area contributed by atoms with Gasteiger partial charge in [-0.1, -0.05) is 48.5 Å². The van der Waals surface area contributed by atoms with Gasteiger partial charge in [-0.2, -0.15) is 0 Å². The van der Waals surface area contributed by atoms with Crippen molar-refractivity contribution in [3.63, 3.8) is 0 Å². The fraction of sp³-hybridized carbons (Fsp3) is 0.158. The second-order valence-electron chi connectivity index (χ2n) is 5.39. The maximum atomic E-state index is 6.05. The molecule has 0 radical (unpaired) electrons. The molecule has 0 N–H and O–H groups in total. The van der Waals surface area contributed by atoms with Crippen molar-refractivity contribution >= 4 is 28.1 Å². The Morgan fingerprint density at radius 2 is 1.48 bits per heavy atom. The van der Waals surface area contributed by atoms with E-state index in [9.17, 15) is 0 Å². The Kier molecular flexibility index (Phi) is 3.85. The average Bonchev–Trinajstić information content (AvgIpc) is 2.53. The average molecular weight is 296 g/mol. The molecule has 1 nitrogen and oxygen atoms in total. The molecule has 0 unspecified atom stereocenters. The van der Waals surface area contributed by atoms with Gasteiger partial charge in [-0.15, -0.1) is 11.6 Å². The fourth-order valence-corrected chi connectivity index (χ4v) is 2.92. The molecule has 0 fully saturated rings. The minimum Gasteiger partial charge on any atom is -0.378 e. The molecule has 0 spiro atoms. The van der Waals surface area contributed by atoms with Crippen LogP contribution < -0.4 is 4.90 Å². The van der Waals surface area contributed by atoms with Crippen molar-refractivity contribution in [2.75, 3.05) is 19.0 Å². The van der Waals surface area contributed by atoms with Gasteiger partial charge in [0.25, 0.3) is 0 Å². The maximum Gasteiger partial charge on any atom is 0.0480 e. The minimum atomic E-state index is 0.542. The van der Waals surface area contributed by atoms with E-state index < -0.39 is 0 Å². The van der Waals surface area contributed by atoms with Crippen molar-refractivity contribution in [3.8, 4) is 11.1 Å². The van der Waals surface area contributed by atoms with Crippen molar-refractivity contribution in [1.82, 2.24) is 0 Å². The Morgan fingerprint density at radius 3 is 2.14 bits per heavy atom. The maximum absolute atomic E-state index is 6.05. The molecule has 0 aliphatic rings. The Bertz CT molecular complexity index is 760. The van der Waals surface area contributed by atoms with Gasteiger partial charge in [0.15, 0.2) is 0 Å². The van der Waals surface area contributed by atoms with Crippen molar-refractivity contribution < 1.29 is 0 Å². The Labute approximate surface area is 130 Å². The number of alkyl halides is 1. The van der Waals surface area contributed by atoms with Crippen LogP contribution in [0.25, 0.3) is 21.9 Å². The van der Waals surface area contributed by atoms with E-state index in [1.54, 1.807) is 0 Å². The van der Waals surface area contributed by atoms with Crippen LogP contribution in [0.2, 0.25) is 0 Å². The lowest BCUT2D eigenvalue weighted by molar-refractivity contribution is 1.13. The van der Waals surface area contributed by atoms with Gasteiger partial charge >= 0.3 is 0 Å². The predicted octanol–water partition coefficient (Wildman–Crippen LogP) is 5.31. The molecule has 2 heteroatoms. The summed E-state index contributed by atoms with van der Waals surface area (Å²) in [4.78, 5) is 2.11. The van der Waals surface area contributed by atoms with Gasteiger partial charge in [0.2, 0.25) is 0 Å². The molecule has 0 saturated carbocycles. The summed E-state index contributed by atoms with van der Waals surface area (Å²) < 4.78 is 0. The normalized spacial score (nSPS) is 10.8. The molecule has 0 heterocycles. The van der Waals surface area contributed by atoms with Gasteiger partial charge in [-0.05, 0) is 39.6 Å². The van der Waals surface area contributed by atoms with E-state index in [1.807, 2.05) is 0 Å². The lowest BCUT2D eigenvalue weighted by Crippen LogP contribution is -2.07. The van der Waals surface area contributed by atoms with E-state index >= 15 is 0 Å². The summed E-state index contributed by atoms with van der Waals surface area (Å²) in [6, 6.07) is 21.4. The second kappa shape index (κ2) is 5.79. The van der Waals surface area contributed by atoms with Crippen molar-refractivity contribution in [3.05, 3.63) is 66.2 Å². The molecule has 21 heavy (non-hydrogen) atoms. The van der Waals surface area contributed by atoms with Crippen LogP contribution in [-0.2, 0) is 5.88 Å². The predicted molar refractivity (Wildman–Crippen MR) is 93.3 cm³/mol. The first-order chi connectivity index (χ1) is 10.2. The van der Waals surface area contributed by atoms with Crippen LogP contribution in [0.4, 0.5) is 5.69 Å². The van der Waals surface area contributed by atoms with E-state index in [0.29, 0.717) is 5.88 Å². The number of fused-ring (bicyclic) bond motifs is 1. The van der Waals surface area contributed by atoms with Gasteiger partial charge in [0.05, 0.1) is 0 Å². The Balaban J connectivity index is 2.16. The van der Waals surface area contributed by atoms with Gasteiger partial charge < -0.3 is 4.90 Å². The van der Waals surface area contributed by atoms with Gasteiger partial charge in [-0.3, -0.25) is 0 Å². The van der Waals surface area contributed by atoms with Crippen LogP contribution in [-0.4, -0.2) is 14.1 Å². The highest BCUT2D eigenvalue weighted by molar-refractivity contribution is 6.18. The fourth-order valence-electron chi connectivity index (χ4n) is 2.68. The monoisotopic (exact) mass is 295 g/mol. The molecule has 0 saturated heterocycles. The number of nitrogens with zero attached hydrogens (tertiary/aromatic N) is 1. The highest BCUT2D eigenvalue weighted by Gasteiger charge is 2.06. The van der Waals surface area contributed by atoms with E-state index in [2.05, 4.69) is 79.7 Å². The molecule has 0 amide bonds. The van der Waals surface area contributed by atoms with Crippen LogP contribution in [0.1, 0.15) is 5.56 Å². The summed E-state index contributed by atoms with van der Waals surface area (Å²) in [6.07, 6.45) is 0. The van der Waals surface area contributed by atoms with E-state index in [-0.39, 0.29) is 0 Å². The number of hydrogen-bond donors (Lipinski definition) is 0. The first-order valence-corrected chi connectivity index (χ1v) is 7.58. The Morgan fingerprint density at radius 1 is 0.810 bits per heavy atom. The molecule has 3 aromatic rings. The van der Waals surface area contributed by atoms with Crippen LogP contribution >= 0.6 is 11.6 Å². The molecule has 0 aliphatic heterocycles. The quantitative estimate of drug-likeness (QED) is 0.592. The molecule has 3 aromatic carbocycles. The number of rotatable bonds is 3. The molecule has 106 valence electrons. The van der Waals surface area contributed by atoms with Gasteiger partial charge in [-0.25, -0.2) is 0 Å². The summed E-state index contributed by atoms with van der Waals surface area (Å²) in [5.74, 6) is 0.542. The standard InChI is InChI=1S/C19H18ClN/c1-21(2)16-11-9-14(10-12-16)17-6-4-7-18-15(13-20)5-3-8-19(17)18/h3-12H,13H2,1-2H3. The molecular weight excluding hydrogens is 278 g/mol. The van der Waals surface area contributed by atoms with Gasteiger partial charge in [0.1, 0.15) is 0 Å². The third-order valence-corrected chi connectivity index (χ3v) is 4.14. The second-order valence-corrected chi connectivity index (χ2v) is 5.66. The van der Waals surface area contributed by atoms with Crippen LogP contribution in [0.3, 0.4) is 0 Å². The lowest BCUT2D eigenvalue weighted by Gasteiger charge is -2.14. The molecule has 0 atom stereocenters. The van der Waals surface area contributed by atoms with Crippen LogP contribution in [0.5, 0.6) is 0 Å². The topological polar surface area (TPSA) is 3.24 Å². The number of benzene rings is 3. The zero-order chi connectivity index (χ0) is 14.8. The summed E-state index contributed by atoms with van der Waals surface area (Å²) in [7, 11) is 4.11. The molecular formula is C19H18ClN.